The second-order valence-electron chi connectivity index (χ2n) is 5.75. The van der Waals surface area contributed by atoms with Crippen molar-refractivity contribution in [1.82, 2.24) is 5.32 Å². The van der Waals surface area contributed by atoms with Gasteiger partial charge >= 0.3 is 0 Å². The van der Waals surface area contributed by atoms with Gasteiger partial charge in [-0.25, -0.2) is 0 Å². The van der Waals surface area contributed by atoms with Crippen LogP contribution in [-0.4, -0.2) is 12.6 Å². The fraction of sp³-hybridized carbons (Fsp3) is 0.625. The average molecular weight is 229 g/mol. The fourth-order valence-corrected chi connectivity index (χ4v) is 3.09. The van der Waals surface area contributed by atoms with Crippen molar-refractivity contribution in [3.8, 4) is 0 Å². The fourth-order valence-electron chi connectivity index (χ4n) is 3.09. The summed E-state index contributed by atoms with van der Waals surface area (Å²) in [6, 6.07) is 9.72. The van der Waals surface area contributed by atoms with E-state index in [0.717, 1.165) is 17.9 Å². The van der Waals surface area contributed by atoms with Gasteiger partial charge in [0.05, 0.1) is 0 Å². The Morgan fingerprint density at radius 3 is 2.82 bits per heavy atom. The normalized spacial score (nSPS) is 23.9. The lowest BCUT2D eigenvalue weighted by molar-refractivity contribution is 0.365. The molecule has 1 aromatic carbocycles. The van der Waals surface area contributed by atoms with E-state index in [9.17, 15) is 0 Å². The molecule has 0 aliphatic heterocycles. The van der Waals surface area contributed by atoms with Gasteiger partial charge in [0.15, 0.2) is 0 Å². The zero-order valence-electron chi connectivity index (χ0n) is 10.8. The molecular weight excluding hydrogens is 206 g/mol. The zero-order chi connectivity index (χ0) is 11.7. The molecule has 17 heavy (non-hydrogen) atoms. The average Bonchev–Trinajstić information content (AvgIpc) is 3.11. The van der Waals surface area contributed by atoms with E-state index < -0.39 is 0 Å². The van der Waals surface area contributed by atoms with Crippen LogP contribution in [0.2, 0.25) is 0 Å². The number of fused-ring (bicyclic) bond motifs is 1. The molecule has 0 heterocycles. The van der Waals surface area contributed by atoms with Crippen LogP contribution in [0, 0.1) is 5.92 Å². The summed E-state index contributed by atoms with van der Waals surface area (Å²) in [6.07, 6.45) is 6.89. The van der Waals surface area contributed by atoms with Gasteiger partial charge in [-0.2, -0.15) is 0 Å². The highest BCUT2D eigenvalue weighted by Gasteiger charge is 2.35. The van der Waals surface area contributed by atoms with Crippen LogP contribution in [0.25, 0.3) is 0 Å². The van der Waals surface area contributed by atoms with Crippen molar-refractivity contribution in [2.45, 2.75) is 51.0 Å². The molecule has 2 atom stereocenters. The van der Waals surface area contributed by atoms with Crippen LogP contribution >= 0.6 is 0 Å². The third-order valence-corrected chi connectivity index (χ3v) is 4.32. The van der Waals surface area contributed by atoms with Crippen molar-refractivity contribution in [2.24, 2.45) is 5.92 Å². The second kappa shape index (κ2) is 4.81. The van der Waals surface area contributed by atoms with Crippen molar-refractivity contribution in [3.05, 3.63) is 35.4 Å². The van der Waals surface area contributed by atoms with Gasteiger partial charge in [-0.1, -0.05) is 44.0 Å². The topological polar surface area (TPSA) is 12.0 Å². The van der Waals surface area contributed by atoms with E-state index in [-0.39, 0.29) is 0 Å². The van der Waals surface area contributed by atoms with Crippen LogP contribution in [0.15, 0.2) is 24.3 Å². The summed E-state index contributed by atoms with van der Waals surface area (Å²) in [5.41, 5.74) is 3.19. The largest absolute Gasteiger partial charge is 0.313 e. The van der Waals surface area contributed by atoms with Crippen LogP contribution < -0.4 is 5.32 Å². The van der Waals surface area contributed by atoms with Gasteiger partial charge in [-0.15, -0.1) is 0 Å². The van der Waals surface area contributed by atoms with Crippen molar-refractivity contribution >= 4 is 0 Å². The van der Waals surface area contributed by atoms with Crippen LogP contribution in [0.3, 0.4) is 0 Å². The molecule has 92 valence electrons. The third kappa shape index (κ3) is 2.40. The van der Waals surface area contributed by atoms with Gasteiger partial charge in [0, 0.05) is 12.0 Å². The molecule has 1 fully saturated rings. The number of rotatable bonds is 6. The molecule has 1 saturated carbocycles. The summed E-state index contributed by atoms with van der Waals surface area (Å²) in [5.74, 6) is 1.82. The van der Waals surface area contributed by atoms with Crippen molar-refractivity contribution in [2.75, 3.05) is 6.54 Å². The Morgan fingerprint density at radius 1 is 1.29 bits per heavy atom. The van der Waals surface area contributed by atoms with Crippen molar-refractivity contribution < 1.29 is 0 Å². The minimum absolute atomic E-state index is 0.734. The Hall–Kier alpha value is -0.820. The van der Waals surface area contributed by atoms with Crippen LogP contribution in [0.4, 0.5) is 0 Å². The van der Waals surface area contributed by atoms with E-state index in [1.54, 1.807) is 11.1 Å². The van der Waals surface area contributed by atoms with E-state index in [1.807, 2.05) is 0 Å². The molecule has 2 aliphatic rings. The zero-order valence-corrected chi connectivity index (χ0v) is 10.8. The van der Waals surface area contributed by atoms with Crippen molar-refractivity contribution in [3.63, 3.8) is 0 Å². The third-order valence-electron chi connectivity index (χ3n) is 4.32. The Labute approximate surface area is 105 Å². The maximum Gasteiger partial charge on any atom is 0.0142 e. The molecule has 0 spiro atoms. The minimum atomic E-state index is 0.734. The molecule has 1 heteroatoms. The first-order chi connectivity index (χ1) is 8.38. The molecular formula is C16H23N. The Kier molecular flexibility index (Phi) is 3.19. The molecule has 0 aromatic heterocycles. The first-order valence-corrected chi connectivity index (χ1v) is 7.19. The lowest BCUT2D eigenvalue weighted by Gasteiger charge is -2.37. The van der Waals surface area contributed by atoms with Gasteiger partial charge in [-0.3, -0.25) is 0 Å². The SMILES string of the molecule is CCCNC(CC1CC1)C1Cc2ccccc21. The number of nitrogens with one attached hydrogen (secondary N) is 1. The van der Waals surface area contributed by atoms with Gasteiger partial charge in [0.25, 0.3) is 0 Å². The molecule has 0 saturated heterocycles. The summed E-state index contributed by atoms with van der Waals surface area (Å²) < 4.78 is 0. The van der Waals surface area contributed by atoms with Crippen LogP contribution in [0.5, 0.6) is 0 Å². The molecule has 1 N–H and O–H groups in total. The number of hydrogen-bond acceptors (Lipinski definition) is 1. The molecule has 2 aliphatic carbocycles. The molecule has 3 rings (SSSR count). The van der Waals surface area contributed by atoms with Gasteiger partial charge in [0.1, 0.15) is 0 Å². The highest BCUT2D eigenvalue weighted by molar-refractivity contribution is 5.41. The highest BCUT2D eigenvalue weighted by Crippen LogP contribution is 2.42. The van der Waals surface area contributed by atoms with Gasteiger partial charge < -0.3 is 5.32 Å². The van der Waals surface area contributed by atoms with E-state index in [0.29, 0.717) is 0 Å². The first kappa shape index (κ1) is 11.3. The molecule has 2 unspecified atom stereocenters. The Balaban J connectivity index is 1.67. The van der Waals surface area contributed by atoms with Crippen LogP contribution in [-0.2, 0) is 6.42 Å². The number of hydrogen-bond donors (Lipinski definition) is 1. The predicted octanol–water partition coefficient (Wildman–Crippen LogP) is 3.49. The summed E-state index contributed by atoms with van der Waals surface area (Å²) in [6.45, 7) is 3.44. The number of benzene rings is 1. The monoisotopic (exact) mass is 229 g/mol. The van der Waals surface area contributed by atoms with Gasteiger partial charge in [0.2, 0.25) is 0 Å². The van der Waals surface area contributed by atoms with E-state index in [2.05, 4.69) is 36.5 Å². The summed E-state index contributed by atoms with van der Waals surface area (Å²) >= 11 is 0. The van der Waals surface area contributed by atoms with Crippen molar-refractivity contribution in [1.29, 1.82) is 0 Å². The second-order valence-corrected chi connectivity index (χ2v) is 5.75. The van der Waals surface area contributed by atoms with Gasteiger partial charge in [-0.05, 0) is 42.9 Å². The molecule has 0 amide bonds. The Morgan fingerprint density at radius 2 is 2.12 bits per heavy atom. The van der Waals surface area contributed by atoms with E-state index in [4.69, 9.17) is 0 Å². The summed E-state index contributed by atoms with van der Waals surface area (Å²) in [4.78, 5) is 0. The molecule has 1 aromatic rings. The standard InChI is InChI=1S/C16H23N/c1-2-9-17-16(10-12-7-8-12)15-11-13-5-3-4-6-14(13)15/h3-6,12,15-17H,2,7-11H2,1H3. The summed E-state index contributed by atoms with van der Waals surface area (Å²) in [7, 11) is 0. The first-order valence-electron chi connectivity index (χ1n) is 7.19. The quantitative estimate of drug-likeness (QED) is 0.787. The smallest absolute Gasteiger partial charge is 0.0142 e. The minimum Gasteiger partial charge on any atom is -0.313 e. The molecule has 0 radical (unpaired) electrons. The maximum atomic E-state index is 3.78. The maximum absolute atomic E-state index is 3.78. The Bertz CT molecular complexity index is 381. The van der Waals surface area contributed by atoms with Crippen LogP contribution in [0.1, 0.15) is 49.7 Å². The van der Waals surface area contributed by atoms with E-state index in [1.165, 1.54) is 38.6 Å². The lowest BCUT2D eigenvalue weighted by Crippen LogP contribution is -2.40. The lowest BCUT2D eigenvalue weighted by atomic mass is 9.72. The predicted molar refractivity (Wildman–Crippen MR) is 72.3 cm³/mol. The summed E-state index contributed by atoms with van der Waals surface area (Å²) in [5, 5.41) is 3.78. The molecule has 1 nitrogen and oxygen atoms in total. The highest BCUT2D eigenvalue weighted by atomic mass is 14.9. The van der Waals surface area contributed by atoms with E-state index >= 15 is 0 Å². The molecule has 0 bridgehead atoms.